The second-order valence-electron chi connectivity index (χ2n) is 5.83. The number of halogens is 1. The van der Waals surface area contributed by atoms with Crippen LogP contribution in [0.3, 0.4) is 0 Å². The molecule has 1 amide bonds. The Morgan fingerprint density at radius 3 is 2.50 bits per heavy atom. The molecule has 0 N–H and O–H groups in total. The highest BCUT2D eigenvalue weighted by atomic mass is 35.5. The summed E-state index contributed by atoms with van der Waals surface area (Å²) in [7, 11) is 0. The van der Waals surface area contributed by atoms with Gasteiger partial charge in [0.25, 0.3) is 5.22 Å². The van der Waals surface area contributed by atoms with E-state index >= 15 is 0 Å². The Bertz CT molecular complexity index is 883. The molecule has 1 heterocycles. The van der Waals surface area contributed by atoms with Crippen molar-refractivity contribution in [1.82, 2.24) is 10.2 Å². The summed E-state index contributed by atoms with van der Waals surface area (Å²) in [4.78, 5) is 14.4. The van der Waals surface area contributed by atoms with Gasteiger partial charge in [-0.3, -0.25) is 4.79 Å². The average Bonchev–Trinajstić information content (AvgIpc) is 3.10. The number of nitrogens with zero attached hydrogens (tertiary/aromatic N) is 3. The number of anilines is 1. The van der Waals surface area contributed by atoms with Crippen LogP contribution < -0.4 is 4.90 Å². The molecule has 0 bridgehead atoms. The molecule has 0 atom stereocenters. The van der Waals surface area contributed by atoms with Crippen LogP contribution >= 0.6 is 23.4 Å². The molecular weight excluding hydrogens is 370 g/mol. The van der Waals surface area contributed by atoms with Gasteiger partial charge in [-0.25, -0.2) is 0 Å². The van der Waals surface area contributed by atoms with Crippen LogP contribution in [0.15, 0.2) is 64.2 Å². The van der Waals surface area contributed by atoms with Gasteiger partial charge in [-0.05, 0) is 38.1 Å². The summed E-state index contributed by atoms with van der Waals surface area (Å²) < 4.78 is 5.63. The molecular formula is C19H18ClN3O2S. The fourth-order valence-corrected chi connectivity index (χ4v) is 3.36. The van der Waals surface area contributed by atoms with Gasteiger partial charge in [0, 0.05) is 11.7 Å². The predicted molar refractivity (Wildman–Crippen MR) is 105 cm³/mol. The third kappa shape index (κ3) is 4.26. The van der Waals surface area contributed by atoms with Crippen LogP contribution in [0.2, 0.25) is 5.02 Å². The van der Waals surface area contributed by atoms with Crippen molar-refractivity contribution in [1.29, 1.82) is 0 Å². The summed E-state index contributed by atoms with van der Waals surface area (Å²) in [6.07, 6.45) is 0. The maximum atomic E-state index is 12.7. The zero-order valence-corrected chi connectivity index (χ0v) is 16.0. The first-order valence-electron chi connectivity index (χ1n) is 8.14. The zero-order valence-electron chi connectivity index (χ0n) is 14.4. The molecule has 0 fully saturated rings. The van der Waals surface area contributed by atoms with Crippen LogP contribution in [0, 0.1) is 0 Å². The lowest BCUT2D eigenvalue weighted by Crippen LogP contribution is -2.38. The Hall–Kier alpha value is -2.31. The number of rotatable bonds is 6. The quantitative estimate of drug-likeness (QED) is 0.561. The number of thioether (sulfide) groups is 1. The van der Waals surface area contributed by atoms with Gasteiger partial charge in [0.05, 0.1) is 16.3 Å². The maximum absolute atomic E-state index is 12.7. The molecule has 0 saturated heterocycles. The van der Waals surface area contributed by atoms with E-state index in [9.17, 15) is 4.79 Å². The molecule has 0 aliphatic rings. The topological polar surface area (TPSA) is 59.2 Å². The SMILES string of the molecule is CC(C)N(C(=O)CSc1nnc(-c2ccccc2Cl)o1)c1ccccc1. The highest BCUT2D eigenvalue weighted by molar-refractivity contribution is 7.99. The van der Waals surface area contributed by atoms with E-state index < -0.39 is 0 Å². The Kier molecular flexibility index (Phi) is 5.96. The lowest BCUT2D eigenvalue weighted by Gasteiger charge is -2.26. The van der Waals surface area contributed by atoms with Gasteiger partial charge < -0.3 is 9.32 Å². The summed E-state index contributed by atoms with van der Waals surface area (Å²) in [5, 5.41) is 8.89. The number of hydrogen-bond acceptors (Lipinski definition) is 5. The largest absolute Gasteiger partial charge is 0.411 e. The normalized spacial score (nSPS) is 10.9. The number of benzene rings is 2. The van der Waals surface area contributed by atoms with Gasteiger partial charge in [0.15, 0.2) is 0 Å². The van der Waals surface area contributed by atoms with Gasteiger partial charge in [-0.15, -0.1) is 10.2 Å². The molecule has 3 aromatic rings. The Morgan fingerprint density at radius 1 is 1.12 bits per heavy atom. The van der Waals surface area contributed by atoms with E-state index in [1.165, 1.54) is 11.8 Å². The fourth-order valence-electron chi connectivity index (χ4n) is 2.52. The molecule has 0 spiro atoms. The Labute approximate surface area is 161 Å². The van der Waals surface area contributed by atoms with Crippen LogP contribution in [0.4, 0.5) is 5.69 Å². The molecule has 0 aliphatic carbocycles. The highest BCUT2D eigenvalue weighted by Crippen LogP contribution is 2.29. The van der Waals surface area contributed by atoms with Crippen molar-refractivity contribution in [2.75, 3.05) is 10.7 Å². The van der Waals surface area contributed by atoms with E-state index in [2.05, 4.69) is 10.2 Å². The molecule has 0 unspecified atom stereocenters. The molecule has 0 aliphatic heterocycles. The van der Waals surface area contributed by atoms with E-state index in [4.69, 9.17) is 16.0 Å². The van der Waals surface area contributed by atoms with E-state index in [0.717, 1.165) is 5.69 Å². The third-order valence-electron chi connectivity index (χ3n) is 3.65. The first kappa shape index (κ1) is 18.5. The summed E-state index contributed by atoms with van der Waals surface area (Å²) >= 11 is 7.36. The number of aromatic nitrogens is 2. The summed E-state index contributed by atoms with van der Waals surface area (Å²) in [6, 6.07) is 16.9. The van der Waals surface area contributed by atoms with E-state index in [1.54, 1.807) is 11.0 Å². The molecule has 2 aromatic carbocycles. The maximum Gasteiger partial charge on any atom is 0.277 e. The van der Waals surface area contributed by atoms with Gasteiger partial charge in [-0.2, -0.15) is 0 Å². The van der Waals surface area contributed by atoms with Crippen molar-refractivity contribution in [2.24, 2.45) is 0 Å². The van der Waals surface area contributed by atoms with Gasteiger partial charge in [0.1, 0.15) is 0 Å². The van der Waals surface area contributed by atoms with Crippen LogP contribution in [0.1, 0.15) is 13.8 Å². The van der Waals surface area contributed by atoms with Gasteiger partial charge >= 0.3 is 0 Å². The molecule has 7 heteroatoms. The van der Waals surface area contributed by atoms with E-state index in [-0.39, 0.29) is 17.7 Å². The predicted octanol–water partition coefficient (Wildman–Crippen LogP) is 4.92. The van der Waals surface area contributed by atoms with Crippen molar-refractivity contribution in [3.05, 3.63) is 59.6 Å². The number of carbonyl (C=O) groups is 1. The number of carbonyl (C=O) groups excluding carboxylic acids is 1. The van der Waals surface area contributed by atoms with Crippen molar-refractivity contribution in [3.8, 4) is 11.5 Å². The van der Waals surface area contributed by atoms with Gasteiger partial charge in [0.2, 0.25) is 11.8 Å². The minimum absolute atomic E-state index is 0.0197. The lowest BCUT2D eigenvalue weighted by atomic mass is 10.2. The Morgan fingerprint density at radius 2 is 1.81 bits per heavy atom. The number of para-hydroxylation sites is 1. The summed E-state index contributed by atoms with van der Waals surface area (Å²) in [6.45, 7) is 3.97. The monoisotopic (exact) mass is 387 g/mol. The standard InChI is InChI=1S/C19H18ClN3O2S/c1-13(2)23(14-8-4-3-5-9-14)17(24)12-26-19-22-21-18(25-19)15-10-6-7-11-16(15)20/h3-11,13H,12H2,1-2H3. The van der Waals surface area contributed by atoms with Gasteiger partial charge in [-0.1, -0.05) is 53.7 Å². The molecule has 26 heavy (non-hydrogen) atoms. The van der Waals surface area contributed by atoms with Crippen LogP contribution in [-0.4, -0.2) is 27.9 Å². The molecule has 0 radical (unpaired) electrons. The van der Waals surface area contributed by atoms with Crippen molar-refractivity contribution in [2.45, 2.75) is 25.1 Å². The van der Waals surface area contributed by atoms with E-state index in [0.29, 0.717) is 21.7 Å². The van der Waals surface area contributed by atoms with E-state index in [1.807, 2.05) is 62.4 Å². The third-order valence-corrected chi connectivity index (χ3v) is 4.78. The van der Waals surface area contributed by atoms with Crippen LogP contribution in [0.5, 0.6) is 0 Å². The second kappa shape index (κ2) is 8.38. The first-order chi connectivity index (χ1) is 12.6. The summed E-state index contributed by atoms with van der Waals surface area (Å²) in [5.74, 6) is 0.528. The lowest BCUT2D eigenvalue weighted by molar-refractivity contribution is -0.116. The molecule has 0 saturated carbocycles. The van der Waals surface area contributed by atoms with Crippen LogP contribution in [-0.2, 0) is 4.79 Å². The zero-order chi connectivity index (χ0) is 18.5. The molecule has 1 aromatic heterocycles. The second-order valence-corrected chi connectivity index (χ2v) is 7.17. The Balaban J connectivity index is 1.69. The minimum atomic E-state index is -0.0197. The van der Waals surface area contributed by atoms with Crippen molar-refractivity contribution in [3.63, 3.8) is 0 Å². The fraction of sp³-hybridized carbons (Fsp3) is 0.211. The van der Waals surface area contributed by atoms with Crippen LogP contribution in [0.25, 0.3) is 11.5 Å². The molecule has 134 valence electrons. The molecule has 3 rings (SSSR count). The first-order valence-corrected chi connectivity index (χ1v) is 9.51. The number of amides is 1. The minimum Gasteiger partial charge on any atom is -0.411 e. The smallest absolute Gasteiger partial charge is 0.277 e. The average molecular weight is 388 g/mol. The summed E-state index contributed by atoms with van der Waals surface area (Å²) in [5.41, 5.74) is 1.54. The number of hydrogen-bond donors (Lipinski definition) is 0. The van der Waals surface area contributed by atoms with Crippen molar-refractivity contribution >= 4 is 35.0 Å². The van der Waals surface area contributed by atoms with Crippen molar-refractivity contribution < 1.29 is 9.21 Å². The molecule has 5 nitrogen and oxygen atoms in total. The highest BCUT2D eigenvalue weighted by Gasteiger charge is 2.20.